The van der Waals surface area contributed by atoms with E-state index in [-0.39, 0.29) is 12.6 Å². The lowest BCUT2D eigenvalue weighted by Crippen LogP contribution is -2.38. The zero-order chi connectivity index (χ0) is 21.4. The van der Waals surface area contributed by atoms with Crippen LogP contribution in [0.15, 0.2) is 18.2 Å². The standard InChI is InChI=1S/C21H26N6O3S/c1-29-15-6-5-14(17(11-15)30-2)12-26-8-9-27-19(16(26)7-10-28)23-24-20(27)21-22-18(25-31-21)13-3-4-13/h5-6,11,13,16,28H,3-4,7-10,12H2,1-2H3. The third kappa shape index (κ3) is 3.90. The quantitative estimate of drug-likeness (QED) is 0.569. The number of benzene rings is 1. The van der Waals surface area contributed by atoms with E-state index < -0.39 is 0 Å². The predicted molar refractivity (Wildman–Crippen MR) is 115 cm³/mol. The van der Waals surface area contributed by atoms with Gasteiger partial charge in [0, 0.05) is 43.8 Å². The molecule has 31 heavy (non-hydrogen) atoms. The molecule has 0 bridgehead atoms. The topological polar surface area (TPSA) is 98.4 Å². The second kappa shape index (κ2) is 8.52. The van der Waals surface area contributed by atoms with Crippen LogP contribution in [0.3, 0.4) is 0 Å². The minimum atomic E-state index is -0.0392. The van der Waals surface area contributed by atoms with Crippen molar-refractivity contribution in [3.05, 3.63) is 35.4 Å². The summed E-state index contributed by atoms with van der Waals surface area (Å²) in [7, 11) is 3.31. The fourth-order valence-corrected chi connectivity index (χ4v) is 4.88. The van der Waals surface area contributed by atoms with E-state index in [9.17, 15) is 5.11 Å². The van der Waals surface area contributed by atoms with Crippen LogP contribution in [0.25, 0.3) is 10.8 Å². The van der Waals surface area contributed by atoms with Gasteiger partial charge in [-0.15, -0.1) is 10.2 Å². The van der Waals surface area contributed by atoms with Gasteiger partial charge < -0.3 is 19.1 Å². The molecule has 0 saturated heterocycles. The fraction of sp³-hybridized carbons (Fsp3) is 0.524. The van der Waals surface area contributed by atoms with Gasteiger partial charge in [0.05, 0.1) is 20.3 Å². The van der Waals surface area contributed by atoms with Gasteiger partial charge in [-0.2, -0.15) is 4.37 Å². The number of aromatic nitrogens is 5. The number of aliphatic hydroxyl groups excluding tert-OH is 1. The molecule has 0 amide bonds. The van der Waals surface area contributed by atoms with Crippen molar-refractivity contribution in [1.82, 2.24) is 29.0 Å². The Morgan fingerprint density at radius 1 is 1.16 bits per heavy atom. The Bertz CT molecular complexity index is 1060. The summed E-state index contributed by atoms with van der Waals surface area (Å²) in [6.45, 7) is 2.33. The van der Waals surface area contributed by atoms with Gasteiger partial charge >= 0.3 is 0 Å². The summed E-state index contributed by atoms with van der Waals surface area (Å²) in [5.74, 6) is 4.66. The van der Waals surface area contributed by atoms with Crippen molar-refractivity contribution in [3.63, 3.8) is 0 Å². The van der Waals surface area contributed by atoms with Crippen LogP contribution in [0.4, 0.5) is 0 Å². The minimum absolute atomic E-state index is 0.0392. The maximum absolute atomic E-state index is 9.75. The van der Waals surface area contributed by atoms with E-state index in [2.05, 4.69) is 24.0 Å². The average Bonchev–Trinajstić information content (AvgIpc) is 3.37. The highest BCUT2D eigenvalue weighted by atomic mass is 32.1. The second-order valence-corrected chi connectivity index (χ2v) is 8.69. The lowest BCUT2D eigenvalue weighted by Gasteiger charge is -2.35. The Morgan fingerprint density at radius 3 is 2.77 bits per heavy atom. The van der Waals surface area contributed by atoms with Crippen LogP contribution in [0.2, 0.25) is 0 Å². The van der Waals surface area contributed by atoms with Gasteiger partial charge in [-0.25, -0.2) is 4.98 Å². The molecule has 1 aliphatic carbocycles. The number of hydrogen-bond acceptors (Lipinski definition) is 9. The molecule has 3 heterocycles. The highest BCUT2D eigenvalue weighted by molar-refractivity contribution is 7.09. The second-order valence-electron chi connectivity index (χ2n) is 7.94. The monoisotopic (exact) mass is 442 g/mol. The van der Waals surface area contributed by atoms with Crippen LogP contribution in [0, 0.1) is 0 Å². The summed E-state index contributed by atoms with van der Waals surface area (Å²) in [4.78, 5) is 7.04. The molecule has 3 aromatic rings. The van der Waals surface area contributed by atoms with Crippen LogP contribution in [0.5, 0.6) is 11.5 Å². The molecule has 0 spiro atoms. The predicted octanol–water partition coefficient (Wildman–Crippen LogP) is 2.63. The fourth-order valence-electron chi connectivity index (χ4n) is 4.15. The van der Waals surface area contributed by atoms with Crippen molar-refractivity contribution >= 4 is 11.5 Å². The van der Waals surface area contributed by atoms with E-state index in [0.717, 1.165) is 52.6 Å². The Labute approximate surface area is 184 Å². The third-order valence-electron chi connectivity index (χ3n) is 5.97. The molecule has 1 aromatic carbocycles. The first-order valence-electron chi connectivity index (χ1n) is 10.5. The normalized spacial score (nSPS) is 18.7. The first-order valence-corrected chi connectivity index (χ1v) is 11.3. The van der Waals surface area contributed by atoms with Crippen molar-refractivity contribution in [2.24, 2.45) is 0 Å². The molecule has 2 aliphatic rings. The Kier molecular flexibility index (Phi) is 5.59. The van der Waals surface area contributed by atoms with Crippen molar-refractivity contribution in [2.45, 2.75) is 44.3 Å². The van der Waals surface area contributed by atoms with Gasteiger partial charge in [0.1, 0.15) is 17.3 Å². The lowest BCUT2D eigenvalue weighted by atomic mass is 10.1. The Hall–Kier alpha value is -2.56. The van der Waals surface area contributed by atoms with Gasteiger partial charge in [-0.1, -0.05) is 6.07 Å². The molecule has 0 radical (unpaired) electrons. The van der Waals surface area contributed by atoms with Crippen molar-refractivity contribution in [1.29, 1.82) is 0 Å². The zero-order valence-electron chi connectivity index (χ0n) is 17.7. The first-order chi connectivity index (χ1) is 15.2. The number of nitrogens with zero attached hydrogens (tertiary/aromatic N) is 6. The van der Waals surface area contributed by atoms with Crippen LogP contribution in [-0.2, 0) is 13.1 Å². The number of methoxy groups -OCH3 is 2. The maximum atomic E-state index is 9.75. The van der Waals surface area contributed by atoms with Gasteiger partial charge in [-0.05, 0) is 36.9 Å². The van der Waals surface area contributed by atoms with Crippen molar-refractivity contribution < 1.29 is 14.6 Å². The summed E-state index contributed by atoms with van der Waals surface area (Å²) < 4.78 is 17.5. The largest absolute Gasteiger partial charge is 0.497 e. The molecule has 2 aromatic heterocycles. The summed E-state index contributed by atoms with van der Waals surface area (Å²) in [5, 5.41) is 19.5. The number of fused-ring (bicyclic) bond motifs is 1. The molecule has 1 aliphatic heterocycles. The molecule has 1 N–H and O–H groups in total. The number of hydrogen-bond donors (Lipinski definition) is 1. The molecule has 10 heteroatoms. The first kappa shape index (κ1) is 20.3. The van der Waals surface area contributed by atoms with E-state index in [0.29, 0.717) is 18.9 Å². The van der Waals surface area contributed by atoms with E-state index in [1.807, 2.05) is 18.2 Å². The smallest absolute Gasteiger partial charge is 0.194 e. The molecule has 9 nitrogen and oxygen atoms in total. The van der Waals surface area contributed by atoms with E-state index >= 15 is 0 Å². The van der Waals surface area contributed by atoms with Gasteiger partial charge in [-0.3, -0.25) is 4.90 Å². The molecular weight excluding hydrogens is 416 g/mol. The SMILES string of the molecule is COc1ccc(CN2CCn3c(-c4nc(C5CC5)ns4)nnc3C2CCO)c(OC)c1. The maximum Gasteiger partial charge on any atom is 0.194 e. The highest BCUT2D eigenvalue weighted by Gasteiger charge is 2.34. The van der Waals surface area contributed by atoms with E-state index in [4.69, 9.17) is 14.5 Å². The van der Waals surface area contributed by atoms with Crippen molar-refractivity contribution in [2.75, 3.05) is 27.4 Å². The molecule has 164 valence electrons. The Morgan fingerprint density at radius 2 is 2.03 bits per heavy atom. The van der Waals surface area contributed by atoms with Gasteiger partial charge in [0.15, 0.2) is 16.7 Å². The van der Waals surface area contributed by atoms with Crippen LogP contribution >= 0.6 is 11.5 Å². The molecule has 1 unspecified atom stereocenters. The van der Waals surface area contributed by atoms with Crippen LogP contribution < -0.4 is 9.47 Å². The van der Waals surface area contributed by atoms with Crippen LogP contribution in [-0.4, -0.2) is 61.5 Å². The molecule has 5 rings (SSSR count). The van der Waals surface area contributed by atoms with Gasteiger partial charge in [0.2, 0.25) is 0 Å². The van der Waals surface area contributed by atoms with Crippen LogP contribution in [0.1, 0.15) is 48.4 Å². The summed E-state index contributed by atoms with van der Waals surface area (Å²) >= 11 is 1.40. The third-order valence-corrected chi connectivity index (χ3v) is 6.70. The lowest BCUT2D eigenvalue weighted by molar-refractivity contribution is 0.114. The van der Waals surface area contributed by atoms with E-state index in [1.165, 1.54) is 24.4 Å². The number of rotatable bonds is 8. The zero-order valence-corrected chi connectivity index (χ0v) is 18.5. The number of ether oxygens (including phenoxy) is 2. The average molecular weight is 443 g/mol. The minimum Gasteiger partial charge on any atom is -0.497 e. The van der Waals surface area contributed by atoms with Gasteiger partial charge in [0.25, 0.3) is 0 Å². The molecule has 1 atom stereocenters. The van der Waals surface area contributed by atoms with E-state index in [1.54, 1.807) is 14.2 Å². The van der Waals surface area contributed by atoms with Crippen molar-refractivity contribution in [3.8, 4) is 22.3 Å². The Balaban J connectivity index is 1.42. The molecule has 1 fully saturated rings. The number of aliphatic hydroxyl groups is 1. The summed E-state index contributed by atoms with van der Waals surface area (Å²) in [6.07, 6.45) is 2.94. The summed E-state index contributed by atoms with van der Waals surface area (Å²) in [5.41, 5.74) is 1.07. The highest BCUT2D eigenvalue weighted by Crippen LogP contribution is 2.40. The summed E-state index contributed by atoms with van der Waals surface area (Å²) in [6, 6.07) is 5.83. The molecule has 1 saturated carbocycles. The molecular formula is C21H26N6O3S.